The van der Waals surface area contributed by atoms with Gasteiger partial charge in [-0.15, -0.1) is 0 Å². The molecule has 0 heterocycles. The third-order valence-corrected chi connectivity index (χ3v) is 5.63. The maximum absolute atomic E-state index is 9.98. The number of fused-ring (bicyclic) bond motifs is 2. The lowest BCUT2D eigenvalue weighted by Gasteiger charge is -2.38. The maximum atomic E-state index is 9.98. The fraction of sp³-hybridized carbons (Fsp3) is 1.00. The Labute approximate surface area is 82.7 Å². The minimum absolute atomic E-state index is 0.0642. The summed E-state index contributed by atoms with van der Waals surface area (Å²) in [6.07, 6.45) is 3.48. The monoisotopic (exact) mass is 232 g/mol. The third kappa shape index (κ3) is 0.784. The Morgan fingerprint density at radius 3 is 2.42 bits per heavy atom. The quantitative estimate of drug-likeness (QED) is 0.690. The molecule has 1 nitrogen and oxygen atoms in total. The zero-order valence-electron chi connectivity index (χ0n) is 7.81. The molecule has 2 fully saturated rings. The summed E-state index contributed by atoms with van der Waals surface area (Å²) < 4.78 is 0. The van der Waals surface area contributed by atoms with Crippen LogP contribution >= 0.6 is 15.9 Å². The lowest BCUT2D eigenvalue weighted by atomic mass is 9.70. The van der Waals surface area contributed by atoms with Crippen molar-refractivity contribution in [3.8, 4) is 0 Å². The number of aliphatic hydroxyl groups is 1. The highest BCUT2D eigenvalue weighted by Gasteiger charge is 2.62. The van der Waals surface area contributed by atoms with Crippen LogP contribution < -0.4 is 0 Å². The van der Waals surface area contributed by atoms with Crippen molar-refractivity contribution in [2.45, 2.75) is 39.2 Å². The topological polar surface area (TPSA) is 20.2 Å². The summed E-state index contributed by atoms with van der Waals surface area (Å²) in [5, 5.41) is 10.9. The molecule has 1 N–H and O–H groups in total. The van der Waals surface area contributed by atoms with Crippen molar-refractivity contribution in [2.75, 3.05) is 5.33 Å². The molecular weight excluding hydrogens is 216 g/mol. The van der Waals surface area contributed by atoms with Gasteiger partial charge in [-0.05, 0) is 30.6 Å². The molecule has 0 aliphatic heterocycles. The van der Waals surface area contributed by atoms with Gasteiger partial charge >= 0.3 is 0 Å². The van der Waals surface area contributed by atoms with Crippen LogP contribution in [0.1, 0.15) is 33.1 Å². The van der Waals surface area contributed by atoms with Crippen LogP contribution in [0.25, 0.3) is 0 Å². The van der Waals surface area contributed by atoms with Crippen LogP contribution in [0.15, 0.2) is 0 Å². The van der Waals surface area contributed by atoms with Crippen molar-refractivity contribution in [1.29, 1.82) is 0 Å². The van der Waals surface area contributed by atoms with Gasteiger partial charge in [0.1, 0.15) is 0 Å². The van der Waals surface area contributed by atoms with Crippen molar-refractivity contribution in [3.05, 3.63) is 0 Å². The molecule has 2 rings (SSSR count). The second-order valence-corrected chi connectivity index (χ2v) is 5.56. The molecule has 70 valence electrons. The fourth-order valence-electron chi connectivity index (χ4n) is 3.35. The van der Waals surface area contributed by atoms with Crippen molar-refractivity contribution in [2.24, 2.45) is 16.7 Å². The minimum Gasteiger partial charge on any atom is -0.392 e. The van der Waals surface area contributed by atoms with Gasteiger partial charge in [0.15, 0.2) is 0 Å². The molecular formula is C10H17BrO. The van der Waals surface area contributed by atoms with E-state index in [0.29, 0.717) is 5.41 Å². The number of hydrogen-bond acceptors (Lipinski definition) is 1. The summed E-state index contributed by atoms with van der Waals surface area (Å²) >= 11 is 3.58. The fourth-order valence-corrected chi connectivity index (χ4v) is 4.73. The van der Waals surface area contributed by atoms with E-state index in [9.17, 15) is 5.11 Å². The lowest BCUT2D eigenvalue weighted by molar-refractivity contribution is 0.0178. The molecule has 2 heteroatoms. The Bertz CT molecular complexity index is 202. The summed E-state index contributed by atoms with van der Waals surface area (Å²) in [4.78, 5) is 0. The molecule has 2 saturated carbocycles. The van der Waals surface area contributed by atoms with Crippen molar-refractivity contribution in [1.82, 2.24) is 0 Å². The highest BCUT2D eigenvalue weighted by atomic mass is 79.9. The minimum atomic E-state index is -0.0642. The molecule has 0 aromatic carbocycles. The Balaban J connectivity index is 2.39. The van der Waals surface area contributed by atoms with Crippen LogP contribution in [0.5, 0.6) is 0 Å². The summed E-state index contributed by atoms with van der Waals surface area (Å²) in [6.45, 7) is 4.64. The van der Waals surface area contributed by atoms with E-state index < -0.39 is 0 Å². The molecule has 12 heavy (non-hydrogen) atoms. The largest absolute Gasteiger partial charge is 0.392 e. The van der Waals surface area contributed by atoms with E-state index in [4.69, 9.17) is 0 Å². The first-order chi connectivity index (χ1) is 5.54. The Hall–Kier alpha value is 0.440. The second kappa shape index (κ2) is 2.48. The smallest absolute Gasteiger partial charge is 0.0612 e. The van der Waals surface area contributed by atoms with Crippen LogP contribution in [0.3, 0.4) is 0 Å². The lowest BCUT2D eigenvalue weighted by Crippen LogP contribution is -2.40. The van der Waals surface area contributed by atoms with Gasteiger partial charge in [-0.3, -0.25) is 0 Å². The van der Waals surface area contributed by atoms with Crippen LogP contribution in [0.2, 0.25) is 0 Å². The maximum Gasteiger partial charge on any atom is 0.0612 e. The van der Waals surface area contributed by atoms with E-state index in [1.807, 2.05) is 0 Å². The summed E-state index contributed by atoms with van der Waals surface area (Å²) in [5.74, 6) is 0.755. The number of halogens is 1. The predicted octanol–water partition coefficient (Wildman–Crippen LogP) is 2.57. The first-order valence-corrected chi connectivity index (χ1v) is 5.91. The van der Waals surface area contributed by atoms with Crippen molar-refractivity contribution < 1.29 is 5.11 Å². The summed E-state index contributed by atoms with van der Waals surface area (Å²) in [7, 11) is 0. The molecule has 2 aliphatic rings. The SMILES string of the molecule is CC1(C)[C@@H]2CC[C@@]1(CBr)C(O)C2. The van der Waals surface area contributed by atoms with E-state index in [1.54, 1.807) is 0 Å². The van der Waals surface area contributed by atoms with Crippen LogP contribution in [-0.2, 0) is 0 Å². The van der Waals surface area contributed by atoms with Gasteiger partial charge in [-0.25, -0.2) is 0 Å². The number of hydrogen-bond donors (Lipinski definition) is 1. The van der Waals surface area contributed by atoms with Gasteiger partial charge in [-0.1, -0.05) is 29.8 Å². The number of rotatable bonds is 1. The highest BCUT2D eigenvalue weighted by Crippen LogP contribution is 2.66. The average Bonchev–Trinajstić information content (AvgIpc) is 2.36. The van der Waals surface area contributed by atoms with Crippen molar-refractivity contribution in [3.63, 3.8) is 0 Å². The van der Waals surface area contributed by atoms with E-state index in [1.165, 1.54) is 12.8 Å². The molecule has 0 aromatic rings. The summed E-state index contributed by atoms with van der Waals surface area (Å²) in [6, 6.07) is 0. The van der Waals surface area contributed by atoms with Crippen LogP contribution in [0, 0.1) is 16.7 Å². The van der Waals surface area contributed by atoms with Gasteiger partial charge in [0.2, 0.25) is 0 Å². The first kappa shape index (κ1) is 9.01. The van der Waals surface area contributed by atoms with E-state index in [0.717, 1.165) is 17.7 Å². The van der Waals surface area contributed by atoms with Gasteiger partial charge in [0.05, 0.1) is 6.10 Å². The van der Waals surface area contributed by atoms with E-state index in [-0.39, 0.29) is 11.5 Å². The van der Waals surface area contributed by atoms with Crippen LogP contribution in [0.4, 0.5) is 0 Å². The zero-order valence-corrected chi connectivity index (χ0v) is 9.39. The van der Waals surface area contributed by atoms with Crippen LogP contribution in [-0.4, -0.2) is 16.5 Å². The zero-order chi connectivity index (χ0) is 8.98. The molecule has 0 spiro atoms. The molecule has 3 atom stereocenters. The van der Waals surface area contributed by atoms with E-state index in [2.05, 4.69) is 29.8 Å². The highest BCUT2D eigenvalue weighted by molar-refractivity contribution is 9.09. The Kier molecular flexibility index (Phi) is 1.86. The Morgan fingerprint density at radius 1 is 1.50 bits per heavy atom. The normalized spacial score (nSPS) is 50.0. The van der Waals surface area contributed by atoms with Gasteiger partial charge in [0.25, 0.3) is 0 Å². The molecule has 2 bridgehead atoms. The average molecular weight is 233 g/mol. The molecule has 0 radical (unpaired) electrons. The predicted molar refractivity (Wildman–Crippen MR) is 53.4 cm³/mol. The Morgan fingerprint density at radius 2 is 2.17 bits per heavy atom. The van der Waals surface area contributed by atoms with E-state index >= 15 is 0 Å². The molecule has 0 saturated heterocycles. The van der Waals surface area contributed by atoms with Gasteiger partial charge in [0, 0.05) is 10.7 Å². The second-order valence-electron chi connectivity index (χ2n) is 5.00. The number of alkyl halides is 1. The summed E-state index contributed by atoms with van der Waals surface area (Å²) in [5.41, 5.74) is 0.521. The van der Waals surface area contributed by atoms with Crippen molar-refractivity contribution >= 4 is 15.9 Å². The van der Waals surface area contributed by atoms with Gasteiger partial charge < -0.3 is 5.11 Å². The molecule has 0 aromatic heterocycles. The third-order valence-electron chi connectivity index (χ3n) is 4.63. The standard InChI is InChI=1S/C10H17BrO/c1-9(2)7-3-4-10(9,6-11)8(12)5-7/h7-8,12H,3-6H2,1-2H3/t7-,8?,10-/m1/s1. The van der Waals surface area contributed by atoms with Gasteiger partial charge in [-0.2, -0.15) is 0 Å². The first-order valence-electron chi connectivity index (χ1n) is 4.78. The molecule has 2 aliphatic carbocycles. The molecule has 0 amide bonds. The number of aliphatic hydroxyl groups excluding tert-OH is 1. The molecule has 1 unspecified atom stereocenters.